The smallest absolute Gasteiger partial charge is 0.107 e. The van der Waals surface area contributed by atoms with E-state index >= 15 is 0 Å². The van der Waals surface area contributed by atoms with E-state index in [2.05, 4.69) is 26.0 Å². The van der Waals surface area contributed by atoms with Gasteiger partial charge in [-0.15, -0.1) is 0 Å². The van der Waals surface area contributed by atoms with Crippen molar-refractivity contribution >= 4 is 12.8 Å². The predicted octanol–water partition coefficient (Wildman–Crippen LogP) is 1.65. The fourth-order valence-corrected chi connectivity index (χ4v) is 0.862. The van der Waals surface area contributed by atoms with Gasteiger partial charge in [0.2, 0.25) is 0 Å². The van der Waals surface area contributed by atoms with Gasteiger partial charge in [-0.05, 0) is 12.2 Å². The van der Waals surface area contributed by atoms with Crippen molar-refractivity contribution in [1.82, 2.24) is 0 Å². The summed E-state index contributed by atoms with van der Waals surface area (Å²) >= 11 is 4.34. The highest BCUT2D eigenvalue weighted by molar-refractivity contribution is 7.74. The SMILES string of the molecule is C=CC[N+](C)(S)CC=C. The molecule has 0 aliphatic heterocycles. The third-order valence-electron chi connectivity index (χ3n) is 1.04. The van der Waals surface area contributed by atoms with Crippen LogP contribution in [0, 0.1) is 0 Å². The highest BCUT2D eigenvalue weighted by Gasteiger charge is 2.10. The third kappa shape index (κ3) is 4.30. The molecule has 0 heterocycles. The molecule has 2 heteroatoms. The molecule has 0 aromatic heterocycles. The van der Waals surface area contributed by atoms with Gasteiger partial charge in [-0.2, -0.15) is 0 Å². The normalized spacial score (nSPS) is 10.9. The lowest BCUT2D eigenvalue weighted by Gasteiger charge is -2.23. The van der Waals surface area contributed by atoms with Crippen molar-refractivity contribution < 1.29 is 3.89 Å². The number of nitrogens with zero attached hydrogens (tertiary/aromatic N) is 1. The van der Waals surface area contributed by atoms with Gasteiger partial charge in [0.05, 0.1) is 19.9 Å². The van der Waals surface area contributed by atoms with Gasteiger partial charge in [0.25, 0.3) is 0 Å². The third-order valence-corrected chi connectivity index (χ3v) is 1.37. The van der Waals surface area contributed by atoms with E-state index in [1.807, 2.05) is 19.2 Å². The first kappa shape index (κ1) is 8.79. The molecule has 0 saturated heterocycles. The molecule has 0 saturated carbocycles. The van der Waals surface area contributed by atoms with E-state index in [-0.39, 0.29) is 0 Å². The zero-order chi connectivity index (χ0) is 7.33. The first-order valence-corrected chi connectivity index (χ1v) is 3.31. The number of thiol groups is 1. The zero-order valence-electron chi connectivity index (χ0n) is 5.88. The fraction of sp³-hybridized carbons (Fsp3) is 0.429. The first-order chi connectivity index (χ1) is 4.12. The average Bonchev–Trinajstić information content (AvgIpc) is 1.64. The van der Waals surface area contributed by atoms with Crippen LogP contribution in [0.3, 0.4) is 0 Å². The Labute approximate surface area is 62.8 Å². The second-order valence-electron chi connectivity index (χ2n) is 2.28. The lowest BCUT2D eigenvalue weighted by Crippen LogP contribution is -2.33. The van der Waals surface area contributed by atoms with Crippen molar-refractivity contribution in [3.8, 4) is 0 Å². The van der Waals surface area contributed by atoms with Gasteiger partial charge in [-0.25, -0.2) is 0 Å². The van der Waals surface area contributed by atoms with Crippen molar-refractivity contribution in [2.45, 2.75) is 0 Å². The Bertz CT molecular complexity index is 95.5. The van der Waals surface area contributed by atoms with Gasteiger partial charge in [-0.1, -0.05) is 13.2 Å². The van der Waals surface area contributed by atoms with Crippen LogP contribution in [0.15, 0.2) is 25.3 Å². The lowest BCUT2D eigenvalue weighted by molar-refractivity contribution is -0.756. The van der Waals surface area contributed by atoms with Crippen molar-refractivity contribution in [3.63, 3.8) is 0 Å². The van der Waals surface area contributed by atoms with Crippen molar-refractivity contribution in [1.29, 1.82) is 0 Å². The summed E-state index contributed by atoms with van der Waals surface area (Å²) in [6, 6.07) is 0. The van der Waals surface area contributed by atoms with E-state index in [0.717, 1.165) is 13.1 Å². The molecular formula is C7H14NS+. The summed E-state index contributed by atoms with van der Waals surface area (Å²) in [6.07, 6.45) is 3.72. The van der Waals surface area contributed by atoms with Crippen LogP contribution in [0.2, 0.25) is 0 Å². The van der Waals surface area contributed by atoms with Crippen LogP contribution in [0.1, 0.15) is 0 Å². The van der Waals surface area contributed by atoms with E-state index < -0.39 is 0 Å². The molecule has 0 radical (unpaired) electrons. The summed E-state index contributed by atoms with van der Waals surface area (Å²) in [5, 5.41) is 0. The molecule has 0 fully saturated rings. The Hall–Kier alpha value is -0.210. The molecule has 9 heavy (non-hydrogen) atoms. The fourth-order valence-electron chi connectivity index (χ4n) is 0.631. The van der Waals surface area contributed by atoms with E-state index in [1.54, 1.807) is 0 Å². The summed E-state index contributed by atoms with van der Waals surface area (Å²) in [7, 11) is 2.02. The summed E-state index contributed by atoms with van der Waals surface area (Å²) < 4.78 is 0.646. The first-order valence-electron chi connectivity index (χ1n) is 2.91. The molecular weight excluding hydrogens is 130 g/mol. The summed E-state index contributed by atoms with van der Waals surface area (Å²) in [6.45, 7) is 9.00. The zero-order valence-corrected chi connectivity index (χ0v) is 6.77. The molecule has 0 bridgehead atoms. The van der Waals surface area contributed by atoms with Gasteiger partial charge in [0.1, 0.15) is 13.1 Å². The maximum atomic E-state index is 4.34. The Kier molecular flexibility index (Phi) is 3.66. The molecule has 0 aliphatic carbocycles. The van der Waals surface area contributed by atoms with Gasteiger partial charge >= 0.3 is 0 Å². The van der Waals surface area contributed by atoms with E-state index in [0.29, 0.717) is 3.89 Å². The van der Waals surface area contributed by atoms with Crippen molar-refractivity contribution in [3.05, 3.63) is 25.3 Å². The van der Waals surface area contributed by atoms with Gasteiger partial charge in [-0.3, -0.25) is 3.89 Å². The summed E-state index contributed by atoms with van der Waals surface area (Å²) in [5.41, 5.74) is 0. The maximum Gasteiger partial charge on any atom is 0.107 e. The van der Waals surface area contributed by atoms with Gasteiger partial charge < -0.3 is 0 Å². The molecule has 0 spiro atoms. The molecule has 0 unspecified atom stereocenters. The maximum absolute atomic E-state index is 4.34. The summed E-state index contributed by atoms with van der Waals surface area (Å²) in [5.74, 6) is 0. The number of hydrogen-bond donors (Lipinski definition) is 1. The van der Waals surface area contributed by atoms with Gasteiger partial charge in [0, 0.05) is 0 Å². The topological polar surface area (TPSA) is 0 Å². The molecule has 0 aliphatic rings. The van der Waals surface area contributed by atoms with Crippen LogP contribution in [0.5, 0.6) is 0 Å². The van der Waals surface area contributed by atoms with E-state index in [4.69, 9.17) is 0 Å². The Morgan fingerprint density at radius 3 is 1.89 bits per heavy atom. The Balaban J connectivity index is 3.68. The minimum Gasteiger partial charge on any atom is -0.260 e. The van der Waals surface area contributed by atoms with E-state index in [1.165, 1.54) is 0 Å². The largest absolute Gasteiger partial charge is 0.260 e. The highest BCUT2D eigenvalue weighted by Crippen LogP contribution is 2.05. The monoisotopic (exact) mass is 144 g/mol. The number of likely N-dealkylation sites (N-methyl/N-ethyl adjacent to an activating group) is 1. The summed E-state index contributed by atoms with van der Waals surface area (Å²) in [4.78, 5) is 0. The molecule has 0 rings (SSSR count). The number of rotatable bonds is 4. The molecule has 1 nitrogen and oxygen atoms in total. The highest BCUT2D eigenvalue weighted by atomic mass is 32.1. The quantitative estimate of drug-likeness (QED) is 0.346. The minimum atomic E-state index is 0.646. The van der Waals surface area contributed by atoms with Crippen LogP contribution >= 0.6 is 12.8 Å². The molecule has 0 N–H and O–H groups in total. The Morgan fingerprint density at radius 2 is 1.67 bits per heavy atom. The van der Waals surface area contributed by atoms with E-state index in [9.17, 15) is 0 Å². The van der Waals surface area contributed by atoms with Crippen LogP contribution in [-0.4, -0.2) is 24.0 Å². The molecule has 0 amide bonds. The molecule has 52 valence electrons. The van der Waals surface area contributed by atoms with Crippen LogP contribution in [0.25, 0.3) is 0 Å². The van der Waals surface area contributed by atoms with Crippen LogP contribution in [0.4, 0.5) is 0 Å². The molecule has 0 aromatic carbocycles. The molecule has 0 atom stereocenters. The van der Waals surface area contributed by atoms with Crippen molar-refractivity contribution in [2.75, 3.05) is 20.1 Å². The lowest BCUT2D eigenvalue weighted by atomic mass is 10.5. The number of quaternary nitrogens is 1. The Morgan fingerprint density at radius 1 is 1.33 bits per heavy atom. The minimum absolute atomic E-state index is 0.646. The van der Waals surface area contributed by atoms with Crippen LogP contribution < -0.4 is 0 Å². The second-order valence-corrected chi connectivity index (χ2v) is 3.25. The van der Waals surface area contributed by atoms with Crippen LogP contribution in [-0.2, 0) is 0 Å². The molecule has 0 aromatic rings. The second kappa shape index (κ2) is 3.75. The number of hydrogen-bond acceptors (Lipinski definition) is 1. The van der Waals surface area contributed by atoms with Crippen molar-refractivity contribution in [2.24, 2.45) is 0 Å². The predicted molar refractivity (Wildman–Crippen MR) is 45.3 cm³/mol. The van der Waals surface area contributed by atoms with Gasteiger partial charge in [0.15, 0.2) is 0 Å². The standard InChI is InChI=1S/C7H14NS/c1-4-6-8(3,9)7-5-2/h4-5,9H,1-2,6-7H2,3H3/q+1. The average molecular weight is 144 g/mol.